The molecule has 0 radical (unpaired) electrons. The summed E-state index contributed by atoms with van der Waals surface area (Å²) in [4.78, 5) is 76.5. The fraction of sp³-hybridized carbons (Fsp3) is 0.481. The van der Waals surface area contributed by atoms with Gasteiger partial charge in [-0.25, -0.2) is 4.79 Å². The van der Waals surface area contributed by atoms with Crippen LogP contribution in [-0.4, -0.2) is 74.9 Å². The molecule has 2 rings (SSSR count). The summed E-state index contributed by atoms with van der Waals surface area (Å²) in [6, 6.07) is 2.17. The minimum atomic E-state index is -1.53. The number of aromatic amines is 1. The lowest BCUT2D eigenvalue weighted by molar-refractivity contribution is -0.143. The van der Waals surface area contributed by atoms with E-state index in [-0.39, 0.29) is 31.6 Å². The summed E-state index contributed by atoms with van der Waals surface area (Å²) in [5.74, 6) is -5.60. The molecule has 4 unspecified atom stereocenters. The second-order valence-corrected chi connectivity index (χ2v) is 10.3. The van der Waals surface area contributed by atoms with Crippen molar-refractivity contribution in [1.29, 1.82) is 0 Å². The molecule has 0 aliphatic carbocycles. The van der Waals surface area contributed by atoms with Crippen LogP contribution in [0.4, 0.5) is 0 Å². The molecule has 41 heavy (non-hydrogen) atoms. The topological polar surface area (TPSA) is 247 Å². The number of hydrogen-bond donors (Lipinski definition) is 8. The number of carboxylic acid groups (broad SMARTS) is 2. The van der Waals surface area contributed by atoms with E-state index in [9.17, 15) is 33.9 Å². The summed E-state index contributed by atoms with van der Waals surface area (Å²) in [6.45, 7) is 3.75. The van der Waals surface area contributed by atoms with Gasteiger partial charge in [-0.3, -0.25) is 24.0 Å². The third-order valence-corrected chi connectivity index (χ3v) is 6.37. The first kappa shape index (κ1) is 32.8. The Hall–Kier alpha value is -4.46. The van der Waals surface area contributed by atoms with E-state index in [0.29, 0.717) is 12.0 Å². The Labute approximate surface area is 236 Å². The van der Waals surface area contributed by atoms with E-state index in [2.05, 4.69) is 20.9 Å². The zero-order chi connectivity index (χ0) is 30.7. The SMILES string of the molecule is CC(C)CC(N)C(=O)NC(CCC(N)=O)C(=O)NC(Cc1c[nH]c2ccccc12)C(=O)NC(CCC(=O)O)C(=O)O. The number of H-pyrrole nitrogens is 1. The Morgan fingerprint density at radius 3 is 2.05 bits per heavy atom. The summed E-state index contributed by atoms with van der Waals surface area (Å²) in [5, 5.41) is 26.6. The molecule has 0 spiro atoms. The van der Waals surface area contributed by atoms with Gasteiger partial charge >= 0.3 is 11.9 Å². The van der Waals surface area contributed by atoms with Crippen molar-refractivity contribution in [3.05, 3.63) is 36.0 Å². The quantitative estimate of drug-likeness (QED) is 0.124. The summed E-state index contributed by atoms with van der Waals surface area (Å²) in [7, 11) is 0. The van der Waals surface area contributed by atoms with Gasteiger partial charge in [-0.05, 0) is 36.8 Å². The van der Waals surface area contributed by atoms with Crippen molar-refractivity contribution in [1.82, 2.24) is 20.9 Å². The molecule has 0 aliphatic rings. The number of fused-ring (bicyclic) bond motifs is 1. The van der Waals surface area contributed by atoms with Crippen LogP contribution in [0, 0.1) is 5.92 Å². The van der Waals surface area contributed by atoms with Crippen molar-refractivity contribution < 1.29 is 39.0 Å². The third-order valence-electron chi connectivity index (χ3n) is 6.37. The maximum Gasteiger partial charge on any atom is 0.326 e. The molecule has 14 heteroatoms. The Morgan fingerprint density at radius 1 is 0.854 bits per heavy atom. The molecule has 2 aromatic rings. The minimum absolute atomic E-state index is 0.0732. The predicted octanol–water partition coefficient (Wildman–Crippen LogP) is -0.247. The standard InChI is InChI=1S/C27H38N6O8/c1-14(2)11-17(28)24(37)31-19(7-9-22(29)34)25(38)33-21(12-15-13-30-18-6-4-3-5-16(15)18)26(39)32-20(27(40)41)8-10-23(35)36/h3-6,13-14,17,19-21,30H,7-12,28H2,1-2H3,(H2,29,34)(H,31,37)(H,32,39)(H,33,38)(H,35,36)(H,40,41). The number of para-hydroxylation sites is 1. The van der Waals surface area contributed by atoms with Gasteiger partial charge in [0, 0.05) is 36.4 Å². The van der Waals surface area contributed by atoms with Gasteiger partial charge in [-0.1, -0.05) is 32.0 Å². The number of carbonyl (C=O) groups is 6. The van der Waals surface area contributed by atoms with Gasteiger partial charge in [0.1, 0.15) is 18.1 Å². The average molecular weight is 575 g/mol. The maximum absolute atomic E-state index is 13.4. The first-order valence-electron chi connectivity index (χ1n) is 13.2. The molecule has 224 valence electrons. The highest BCUT2D eigenvalue weighted by Crippen LogP contribution is 2.19. The second-order valence-electron chi connectivity index (χ2n) is 10.3. The largest absolute Gasteiger partial charge is 0.481 e. The van der Waals surface area contributed by atoms with Gasteiger partial charge in [-0.2, -0.15) is 0 Å². The third kappa shape index (κ3) is 10.6. The molecule has 10 N–H and O–H groups in total. The van der Waals surface area contributed by atoms with Crippen LogP contribution >= 0.6 is 0 Å². The molecule has 0 saturated carbocycles. The molecule has 0 fully saturated rings. The zero-order valence-electron chi connectivity index (χ0n) is 23.0. The van der Waals surface area contributed by atoms with Crippen molar-refractivity contribution >= 4 is 46.5 Å². The first-order valence-corrected chi connectivity index (χ1v) is 13.2. The van der Waals surface area contributed by atoms with Crippen molar-refractivity contribution in [3.63, 3.8) is 0 Å². The molecule has 0 aliphatic heterocycles. The fourth-order valence-electron chi connectivity index (χ4n) is 4.25. The Kier molecular flexibility index (Phi) is 12.3. The summed E-state index contributed by atoms with van der Waals surface area (Å²) >= 11 is 0. The summed E-state index contributed by atoms with van der Waals surface area (Å²) in [6.07, 6.45) is 0.619. The molecule has 4 amide bonds. The lowest BCUT2D eigenvalue weighted by atomic mass is 10.0. The van der Waals surface area contributed by atoms with Gasteiger partial charge in [0.2, 0.25) is 23.6 Å². The van der Waals surface area contributed by atoms with Gasteiger partial charge in [0.05, 0.1) is 6.04 Å². The number of rotatable bonds is 17. The molecular formula is C27H38N6O8. The van der Waals surface area contributed by atoms with Crippen molar-refractivity contribution in [3.8, 4) is 0 Å². The predicted molar refractivity (Wildman–Crippen MR) is 148 cm³/mol. The number of aliphatic carboxylic acids is 2. The van der Waals surface area contributed by atoms with Crippen LogP contribution in [0.2, 0.25) is 0 Å². The van der Waals surface area contributed by atoms with Gasteiger partial charge < -0.3 is 42.6 Å². The smallest absolute Gasteiger partial charge is 0.326 e. The van der Waals surface area contributed by atoms with E-state index >= 15 is 0 Å². The number of nitrogens with two attached hydrogens (primary N) is 2. The van der Waals surface area contributed by atoms with Crippen LogP contribution in [0.25, 0.3) is 10.9 Å². The van der Waals surface area contributed by atoms with Crippen molar-refractivity contribution in [2.45, 2.75) is 76.5 Å². The molecular weight excluding hydrogens is 536 g/mol. The average Bonchev–Trinajstić information content (AvgIpc) is 3.30. The van der Waals surface area contributed by atoms with Crippen LogP contribution in [-0.2, 0) is 35.2 Å². The number of carboxylic acids is 2. The first-order chi connectivity index (χ1) is 19.3. The minimum Gasteiger partial charge on any atom is -0.481 e. The molecule has 0 bridgehead atoms. The molecule has 1 aromatic carbocycles. The zero-order valence-corrected chi connectivity index (χ0v) is 23.0. The normalized spacial score (nSPS) is 14.0. The molecule has 14 nitrogen and oxygen atoms in total. The second kappa shape index (κ2) is 15.4. The Balaban J connectivity index is 2.33. The van der Waals surface area contributed by atoms with Crippen LogP contribution in [0.3, 0.4) is 0 Å². The lowest BCUT2D eigenvalue weighted by Crippen LogP contribution is -2.57. The fourth-order valence-corrected chi connectivity index (χ4v) is 4.25. The van der Waals surface area contributed by atoms with Crippen LogP contribution < -0.4 is 27.4 Å². The number of amides is 4. The molecule has 4 atom stereocenters. The lowest BCUT2D eigenvalue weighted by Gasteiger charge is -2.25. The number of carbonyl (C=O) groups excluding carboxylic acids is 4. The molecule has 1 aromatic heterocycles. The van der Waals surface area contributed by atoms with Crippen LogP contribution in [0.1, 0.15) is 51.5 Å². The summed E-state index contributed by atoms with van der Waals surface area (Å²) in [5.41, 5.74) is 12.6. The van der Waals surface area contributed by atoms with Crippen molar-refractivity contribution in [2.75, 3.05) is 0 Å². The number of hydrogen-bond acceptors (Lipinski definition) is 7. The van der Waals surface area contributed by atoms with E-state index in [4.69, 9.17) is 16.6 Å². The Morgan fingerprint density at radius 2 is 1.44 bits per heavy atom. The summed E-state index contributed by atoms with van der Waals surface area (Å²) < 4.78 is 0. The van der Waals surface area contributed by atoms with Gasteiger partial charge in [0.15, 0.2) is 0 Å². The van der Waals surface area contributed by atoms with Crippen molar-refractivity contribution in [2.24, 2.45) is 17.4 Å². The number of aromatic nitrogens is 1. The van der Waals surface area contributed by atoms with Gasteiger partial charge in [0.25, 0.3) is 0 Å². The number of primary amides is 1. The maximum atomic E-state index is 13.4. The molecule has 0 saturated heterocycles. The van der Waals surface area contributed by atoms with Crippen LogP contribution in [0.15, 0.2) is 30.5 Å². The number of nitrogens with one attached hydrogen (secondary N) is 4. The van der Waals surface area contributed by atoms with E-state index in [1.165, 1.54) is 0 Å². The number of benzene rings is 1. The van der Waals surface area contributed by atoms with Crippen LogP contribution in [0.5, 0.6) is 0 Å². The highest BCUT2D eigenvalue weighted by Gasteiger charge is 2.31. The monoisotopic (exact) mass is 574 g/mol. The van der Waals surface area contributed by atoms with E-state index < -0.39 is 66.2 Å². The highest BCUT2D eigenvalue weighted by molar-refractivity contribution is 5.95. The molecule has 1 heterocycles. The van der Waals surface area contributed by atoms with E-state index in [1.54, 1.807) is 18.3 Å². The van der Waals surface area contributed by atoms with Gasteiger partial charge in [-0.15, -0.1) is 0 Å². The Bertz CT molecular complexity index is 1260. The van der Waals surface area contributed by atoms with E-state index in [0.717, 1.165) is 10.9 Å². The van der Waals surface area contributed by atoms with E-state index in [1.807, 2.05) is 26.0 Å². The highest BCUT2D eigenvalue weighted by atomic mass is 16.4.